The number of carbonyl (C=O) groups is 3. The quantitative estimate of drug-likeness (QED) is 0.195. The zero-order chi connectivity index (χ0) is 22.9. The molecule has 0 heterocycles. The van der Waals surface area contributed by atoms with E-state index in [-0.39, 0.29) is 5.75 Å². The minimum absolute atomic E-state index is 0.284. The van der Waals surface area contributed by atoms with Crippen LogP contribution in [0.25, 0.3) is 0 Å². The molecule has 8 nitrogen and oxygen atoms in total. The van der Waals surface area contributed by atoms with E-state index in [0.717, 1.165) is 0 Å². The van der Waals surface area contributed by atoms with Crippen LogP contribution in [0, 0.1) is 0 Å². The number of halogens is 1. The summed E-state index contributed by atoms with van der Waals surface area (Å²) >= 11 is 5.84. The predicted molar refractivity (Wildman–Crippen MR) is 120 cm³/mol. The molecule has 3 rings (SSSR count). The zero-order valence-corrected chi connectivity index (χ0v) is 17.6. The lowest BCUT2D eigenvalue weighted by Crippen LogP contribution is -2.32. The first-order chi connectivity index (χ1) is 15.4. The number of rotatable bonds is 6. The Morgan fingerprint density at radius 2 is 1.66 bits per heavy atom. The molecule has 0 aliphatic carbocycles. The Hall–Kier alpha value is -4.17. The van der Waals surface area contributed by atoms with Crippen molar-refractivity contribution in [2.24, 2.45) is 5.10 Å². The fourth-order valence-corrected chi connectivity index (χ4v) is 2.73. The fourth-order valence-electron chi connectivity index (χ4n) is 2.54. The summed E-state index contributed by atoms with van der Waals surface area (Å²) in [5, 5.41) is 6.59. The third-order valence-electron chi connectivity index (χ3n) is 4.04. The highest BCUT2D eigenvalue weighted by molar-refractivity contribution is 6.39. The van der Waals surface area contributed by atoms with E-state index in [4.69, 9.17) is 21.1 Å². The molecule has 2 N–H and O–H groups in total. The number of nitrogens with one attached hydrogen (secondary N) is 2. The standard InChI is InChI=1S/C23H18ClN3O5/c1-31-19-9-3-6-16(12-19)23(30)32-20-10-2-5-15(11-20)14-25-27-22(29)21(28)26-18-8-4-7-17(24)13-18/h2-14H,1H3,(H,26,28)(H,27,29)/b25-14+. The molecule has 0 aliphatic rings. The van der Waals surface area contributed by atoms with E-state index in [1.54, 1.807) is 66.7 Å². The number of methoxy groups -OCH3 is 1. The number of hydrogen-bond acceptors (Lipinski definition) is 6. The molecule has 0 aliphatic heterocycles. The van der Waals surface area contributed by atoms with Crippen molar-refractivity contribution in [2.45, 2.75) is 0 Å². The summed E-state index contributed by atoms with van der Waals surface area (Å²) in [6, 6.07) is 19.5. The molecular formula is C23H18ClN3O5. The fraction of sp³-hybridized carbons (Fsp3) is 0.0435. The van der Waals surface area contributed by atoms with Gasteiger partial charge in [-0.15, -0.1) is 0 Å². The van der Waals surface area contributed by atoms with Gasteiger partial charge < -0.3 is 14.8 Å². The molecule has 162 valence electrons. The van der Waals surface area contributed by atoms with Gasteiger partial charge in [0.1, 0.15) is 11.5 Å². The molecule has 0 saturated carbocycles. The molecule has 0 spiro atoms. The van der Waals surface area contributed by atoms with E-state index in [1.807, 2.05) is 0 Å². The van der Waals surface area contributed by atoms with Crippen molar-refractivity contribution in [3.05, 3.63) is 88.9 Å². The Morgan fingerprint density at radius 1 is 0.906 bits per heavy atom. The third-order valence-corrected chi connectivity index (χ3v) is 4.28. The second-order valence-corrected chi connectivity index (χ2v) is 6.79. The van der Waals surface area contributed by atoms with Crippen molar-refractivity contribution >= 4 is 41.3 Å². The lowest BCUT2D eigenvalue weighted by molar-refractivity contribution is -0.136. The average Bonchev–Trinajstić information content (AvgIpc) is 2.79. The van der Waals surface area contributed by atoms with Gasteiger partial charge in [0.15, 0.2) is 0 Å². The molecule has 0 fully saturated rings. The number of benzene rings is 3. The minimum Gasteiger partial charge on any atom is -0.497 e. The molecule has 0 unspecified atom stereocenters. The van der Waals surface area contributed by atoms with Gasteiger partial charge in [-0.05, 0) is 54.1 Å². The number of hydrazone groups is 1. The summed E-state index contributed by atoms with van der Waals surface area (Å²) < 4.78 is 10.5. The van der Waals surface area contributed by atoms with Crippen molar-refractivity contribution < 1.29 is 23.9 Å². The van der Waals surface area contributed by atoms with E-state index >= 15 is 0 Å². The first-order valence-corrected chi connectivity index (χ1v) is 9.68. The first-order valence-electron chi connectivity index (χ1n) is 9.31. The van der Waals surface area contributed by atoms with Gasteiger partial charge in [0, 0.05) is 10.7 Å². The summed E-state index contributed by atoms with van der Waals surface area (Å²) in [4.78, 5) is 36.1. The van der Waals surface area contributed by atoms with Crippen LogP contribution in [0.3, 0.4) is 0 Å². The highest BCUT2D eigenvalue weighted by Crippen LogP contribution is 2.17. The average molecular weight is 452 g/mol. The number of carbonyl (C=O) groups excluding carboxylic acids is 3. The van der Waals surface area contributed by atoms with Crippen molar-refractivity contribution in [3.8, 4) is 11.5 Å². The summed E-state index contributed by atoms with van der Waals surface area (Å²) in [6.07, 6.45) is 1.31. The summed E-state index contributed by atoms with van der Waals surface area (Å²) in [7, 11) is 1.51. The maximum Gasteiger partial charge on any atom is 0.343 e. The van der Waals surface area contributed by atoms with Crippen LogP contribution in [-0.4, -0.2) is 31.1 Å². The number of ether oxygens (including phenoxy) is 2. The van der Waals surface area contributed by atoms with E-state index in [1.165, 1.54) is 19.4 Å². The van der Waals surface area contributed by atoms with Gasteiger partial charge in [-0.2, -0.15) is 5.10 Å². The summed E-state index contributed by atoms with van der Waals surface area (Å²) in [5.41, 5.74) is 3.38. The van der Waals surface area contributed by atoms with Gasteiger partial charge in [0.05, 0.1) is 18.9 Å². The zero-order valence-electron chi connectivity index (χ0n) is 16.9. The number of nitrogens with zero attached hydrogens (tertiary/aromatic N) is 1. The molecular weight excluding hydrogens is 434 g/mol. The Labute approximate surface area is 188 Å². The molecule has 2 amide bonds. The molecule has 0 aromatic heterocycles. The smallest absolute Gasteiger partial charge is 0.343 e. The van der Waals surface area contributed by atoms with E-state index in [0.29, 0.717) is 27.6 Å². The van der Waals surface area contributed by atoms with Gasteiger partial charge in [0.2, 0.25) is 0 Å². The molecule has 3 aromatic rings. The van der Waals surface area contributed by atoms with E-state index in [2.05, 4.69) is 15.8 Å². The SMILES string of the molecule is COc1cccc(C(=O)Oc2cccc(/C=N/NC(=O)C(=O)Nc3cccc(Cl)c3)c2)c1. The lowest BCUT2D eigenvalue weighted by atomic mass is 10.2. The topological polar surface area (TPSA) is 106 Å². The van der Waals surface area contributed by atoms with Crippen LogP contribution in [0.15, 0.2) is 77.9 Å². The van der Waals surface area contributed by atoms with Crippen LogP contribution in [0.1, 0.15) is 15.9 Å². The van der Waals surface area contributed by atoms with E-state index in [9.17, 15) is 14.4 Å². The largest absolute Gasteiger partial charge is 0.497 e. The van der Waals surface area contributed by atoms with Gasteiger partial charge in [-0.1, -0.05) is 35.9 Å². The molecule has 3 aromatic carbocycles. The van der Waals surface area contributed by atoms with Crippen LogP contribution < -0.4 is 20.2 Å². The summed E-state index contributed by atoms with van der Waals surface area (Å²) in [5.74, 6) is -1.58. The molecule has 0 saturated heterocycles. The van der Waals surface area contributed by atoms with Gasteiger partial charge in [-0.3, -0.25) is 9.59 Å². The van der Waals surface area contributed by atoms with Crippen LogP contribution in [-0.2, 0) is 9.59 Å². The number of amides is 2. The van der Waals surface area contributed by atoms with Gasteiger partial charge >= 0.3 is 17.8 Å². The van der Waals surface area contributed by atoms with Crippen LogP contribution >= 0.6 is 11.6 Å². The Morgan fingerprint density at radius 3 is 2.44 bits per heavy atom. The molecule has 32 heavy (non-hydrogen) atoms. The van der Waals surface area contributed by atoms with Crippen LogP contribution in [0.2, 0.25) is 5.02 Å². The van der Waals surface area contributed by atoms with Crippen molar-refractivity contribution in [1.29, 1.82) is 0 Å². The molecule has 9 heteroatoms. The Bertz CT molecular complexity index is 1180. The number of hydrogen-bond donors (Lipinski definition) is 2. The Kier molecular flexibility index (Phi) is 7.55. The summed E-state index contributed by atoms with van der Waals surface area (Å²) in [6.45, 7) is 0. The van der Waals surface area contributed by atoms with Crippen LogP contribution in [0.5, 0.6) is 11.5 Å². The second-order valence-electron chi connectivity index (χ2n) is 6.36. The second kappa shape index (κ2) is 10.7. The van der Waals surface area contributed by atoms with Crippen molar-refractivity contribution in [3.63, 3.8) is 0 Å². The van der Waals surface area contributed by atoms with Crippen LogP contribution in [0.4, 0.5) is 5.69 Å². The first kappa shape index (κ1) is 22.5. The maximum absolute atomic E-state index is 12.3. The predicted octanol–water partition coefficient (Wildman–Crippen LogP) is 3.66. The lowest BCUT2D eigenvalue weighted by Gasteiger charge is -2.06. The maximum atomic E-state index is 12.3. The minimum atomic E-state index is -0.957. The monoisotopic (exact) mass is 451 g/mol. The Balaban J connectivity index is 1.57. The third kappa shape index (κ3) is 6.41. The van der Waals surface area contributed by atoms with Crippen molar-refractivity contribution in [2.75, 3.05) is 12.4 Å². The number of anilines is 1. The molecule has 0 bridgehead atoms. The molecule has 0 atom stereocenters. The van der Waals surface area contributed by atoms with Gasteiger partial charge in [-0.25, -0.2) is 10.2 Å². The highest BCUT2D eigenvalue weighted by atomic mass is 35.5. The van der Waals surface area contributed by atoms with E-state index < -0.39 is 17.8 Å². The molecule has 0 radical (unpaired) electrons. The van der Waals surface area contributed by atoms with Gasteiger partial charge in [0.25, 0.3) is 0 Å². The highest BCUT2D eigenvalue weighted by Gasteiger charge is 2.13. The van der Waals surface area contributed by atoms with Crippen molar-refractivity contribution in [1.82, 2.24) is 5.43 Å². The normalized spacial score (nSPS) is 10.4. The number of esters is 1.